The number of carbonyl (C=O) groups is 1. The maximum Gasteiger partial charge on any atom is 0.326 e. The second kappa shape index (κ2) is 5.80. The molecular weight excluding hydrogens is 242 g/mol. The summed E-state index contributed by atoms with van der Waals surface area (Å²) in [5.74, 6) is 0.0852. The molecule has 2 fully saturated rings. The largest absolute Gasteiger partial charge is 0.480 e. The van der Waals surface area contributed by atoms with E-state index >= 15 is 0 Å². The van der Waals surface area contributed by atoms with Crippen LogP contribution >= 0.6 is 0 Å². The smallest absolute Gasteiger partial charge is 0.326 e. The molecule has 0 bridgehead atoms. The van der Waals surface area contributed by atoms with Gasteiger partial charge >= 0.3 is 5.97 Å². The number of nitrogens with one attached hydrogen (secondary N) is 1. The van der Waals surface area contributed by atoms with Crippen molar-refractivity contribution in [1.29, 1.82) is 0 Å². The first-order valence-electron chi connectivity index (χ1n) is 7.56. The van der Waals surface area contributed by atoms with E-state index in [0.717, 1.165) is 32.1 Å². The van der Waals surface area contributed by atoms with Crippen molar-refractivity contribution in [2.24, 2.45) is 11.8 Å². The summed E-state index contributed by atoms with van der Waals surface area (Å²) in [7, 11) is 0. The molecule has 4 nitrogen and oxygen atoms in total. The molecule has 0 heterocycles. The fourth-order valence-electron chi connectivity index (χ4n) is 2.75. The molecular formula is C15H27NO3. The highest BCUT2D eigenvalue weighted by atomic mass is 16.5. The Morgan fingerprint density at radius 3 is 2.37 bits per heavy atom. The van der Waals surface area contributed by atoms with Crippen LogP contribution < -0.4 is 5.32 Å². The molecule has 0 aliphatic heterocycles. The van der Waals surface area contributed by atoms with E-state index in [1.165, 1.54) is 0 Å². The van der Waals surface area contributed by atoms with Crippen LogP contribution in [0.3, 0.4) is 0 Å². The maximum atomic E-state index is 11.8. The van der Waals surface area contributed by atoms with Crippen molar-refractivity contribution in [3.63, 3.8) is 0 Å². The van der Waals surface area contributed by atoms with Crippen molar-refractivity contribution in [2.75, 3.05) is 6.61 Å². The lowest BCUT2D eigenvalue weighted by Crippen LogP contribution is -2.58. The summed E-state index contributed by atoms with van der Waals surface area (Å²) in [6, 6.07) is 0.390. The van der Waals surface area contributed by atoms with Gasteiger partial charge in [-0.05, 0) is 50.9 Å². The standard InChI is InChI=1S/C15H27NO3/c1-10(2)8-11(3)19-9-15(14(17)18,12-4-5-12)16-13-6-7-13/h10-13,16H,4-9H2,1-3H3,(H,17,18). The SMILES string of the molecule is CC(C)CC(C)OCC(NC1CC1)(C(=O)O)C1CC1. The Balaban J connectivity index is 1.94. The molecule has 0 saturated heterocycles. The number of aliphatic carboxylic acids is 1. The van der Waals surface area contributed by atoms with Gasteiger partial charge in [-0.2, -0.15) is 0 Å². The molecule has 0 aromatic heterocycles. The molecule has 2 aliphatic rings. The van der Waals surface area contributed by atoms with E-state index in [-0.39, 0.29) is 12.0 Å². The summed E-state index contributed by atoms with van der Waals surface area (Å²) in [6.07, 6.45) is 5.32. The van der Waals surface area contributed by atoms with E-state index in [4.69, 9.17) is 4.74 Å². The third-order valence-corrected chi connectivity index (χ3v) is 4.09. The third kappa shape index (κ3) is 3.93. The highest BCUT2D eigenvalue weighted by Gasteiger charge is 2.53. The highest BCUT2D eigenvalue weighted by molar-refractivity contribution is 5.80. The molecule has 2 N–H and O–H groups in total. The van der Waals surface area contributed by atoms with Crippen LogP contribution in [0.2, 0.25) is 0 Å². The number of carboxylic acid groups (broad SMARTS) is 1. The molecule has 19 heavy (non-hydrogen) atoms. The third-order valence-electron chi connectivity index (χ3n) is 4.09. The van der Waals surface area contributed by atoms with Gasteiger partial charge < -0.3 is 9.84 Å². The van der Waals surface area contributed by atoms with Crippen molar-refractivity contribution in [3.8, 4) is 0 Å². The average Bonchev–Trinajstić information content (AvgIpc) is 3.13. The van der Waals surface area contributed by atoms with E-state index in [1.807, 2.05) is 6.92 Å². The van der Waals surface area contributed by atoms with Gasteiger partial charge in [0, 0.05) is 6.04 Å². The summed E-state index contributed by atoms with van der Waals surface area (Å²) in [5, 5.41) is 13.0. The van der Waals surface area contributed by atoms with E-state index in [2.05, 4.69) is 19.2 Å². The van der Waals surface area contributed by atoms with E-state index in [0.29, 0.717) is 18.6 Å². The minimum atomic E-state index is -0.841. The van der Waals surface area contributed by atoms with E-state index < -0.39 is 11.5 Å². The lowest BCUT2D eigenvalue weighted by atomic mass is 9.93. The van der Waals surface area contributed by atoms with Gasteiger partial charge in [0.05, 0.1) is 12.7 Å². The monoisotopic (exact) mass is 269 g/mol. The first kappa shape index (κ1) is 14.8. The Kier molecular flexibility index (Phi) is 4.51. The molecule has 0 amide bonds. The van der Waals surface area contributed by atoms with Crippen LogP contribution in [0.25, 0.3) is 0 Å². The highest BCUT2D eigenvalue weighted by Crippen LogP contribution is 2.42. The Morgan fingerprint density at radius 2 is 1.95 bits per heavy atom. The van der Waals surface area contributed by atoms with Crippen LogP contribution in [0.1, 0.15) is 52.9 Å². The molecule has 2 unspecified atom stereocenters. The lowest BCUT2D eigenvalue weighted by Gasteiger charge is -2.32. The zero-order valence-electron chi connectivity index (χ0n) is 12.3. The van der Waals surface area contributed by atoms with Gasteiger partial charge in [-0.1, -0.05) is 13.8 Å². The van der Waals surface area contributed by atoms with Crippen LogP contribution in [0, 0.1) is 11.8 Å². The van der Waals surface area contributed by atoms with Crippen LogP contribution in [0.15, 0.2) is 0 Å². The van der Waals surface area contributed by atoms with E-state index in [9.17, 15) is 9.90 Å². The zero-order chi connectivity index (χ0) is 14.0. The molecule has 110 valence electrons. The van der Waals surface area contributed by atoms with Crippen LogP contribution in [0.4, 0.5) is 0 Å². The molecule has 4 heteroatoms. The van der Waals surface area contributed by atoms with Crippen molar-refractivity contribution >= 4 is 5.97 Å². The maximum absolute atomic E-state index is 11.8. The minimum absolute atomic E-state index is 0.124. The summed E-state index contributed by atoms with van der Waals surface area (Å²) in [4.78, 5) is 11.8. The molecule has 2 saturated carbocycles. The van der Waals surface area contributed by atoms with Crippen molar-refractivity contribution in [2.45, 2.75) is 70.6 Å². The number of hydrogen-bond donors (Lipinski definition) is 2. The molecule has 2 atom stereocenters. The molecule has 2 rings (SSSR count). The zero-order valence-corrected chi connectivity index (χ0v) is 12.3. The first-order chi connectivity index (χ1) is 8.94. The van der Waals surface area contributed by atoms with Crippen molar-refractivity contribution in [1.82, 2.24) is 5.32 Å². The number of hydrogen-bond acceptors (Lipinski definition) is 3. The van der Waals surface area contributed by atoms with Gasteiger partial charge in [-0.25, -0.2) is 0 Å². The topological polar surface area (TPSA) is 58.6 Å². The summed E-state index contributed by atoms with van der Waals surface area (Å²) < 4.78 is 5.87. The predicted molar refractivity (Wildman–Crippen MR) is 74.1 cm³/mol. The number of carboxylic acids is 1. The van der Waals surface area contributed by atoms with E-state index in [1.54, 1.807) is 0 Å². The van der Waals surface area contributed by atoms with Gasteiger partial charge in [0.25, 0.3) is 0 Å². The predicted octanol–water partition coefficient (Wildman–Crippen LogP) is 2.42. The van der Waals surface area contributed by atoms with Crippen LogP contribution in [-0.4, -0.2) is 35.4 Å². The normalized spacial score (nSPS) is 24.2. The average molecular weight is 269 g/mol. The first-order valence-corrected chi connectivity index (χ1v) is 7.56. The Labute approximate surface area is 115 Å². The van der Waals surface area contributed by atoms with Crippen molar-refractivity contribution < 1.29 is 14.6 Å². The second-order valence-electron chi connectivity index (χ2n) is 6.72. The fourth-order valence-corrected chi connectivity index (χ4v) is 2.75. The summed E-state index contributed by atoms with van der Waals surface area (Å²) in [5.41, 5.74) is -0.841. The Hall–Kier alpha value is -0.610. The van der Waals surface area contributed by atoms with Gasteiger partial charge in [0.1, 0.15) is 5.54 Å². The fraction of sp³-hybridized carbons (Fsp3) is 0.933. The second-order valence-corrected chi connectivity index (χ2v) is 6.72. The Morgan fingerprint density at radius 1 is 1.32 bits per heavy atom. The van der Waals surface area contributed by atoms with Crippen molar-refractivity contribution in [3.05, 3.63) is 0 Å². The molecule has 0 radical (unpaired) electrons. The lowest BCUT2D eigenvalue weighted by molar-refractivity contribution is -0.150. The van der Waals surface area contributed by atoms with Gasteiger partial charge in [-0.15, -0.1) is 0 Å². The summed E-state index contributed by atoms with van der Waals surface area (Å²) >= 11 is 0. The molecule has 0 aromatic carbocycles. The Bertz CT molecular complexity index is 323. The van der Waals surface area contributed by atoms with Gasteiger partial charge in [-0.3, -0.25) is 10.1 Å². The number of ether oxygens (including phenoxy) is 1. The van der Waals surface area contributed by atoms with Gasteiger partial charge in [0.15, 0.2) is 0 Å². The minimum Gasteiger partial charge on any atom is -0.480 e. The van der Waals surface area contributed by atoms with Crippen LogP contribution in [0.5, 0.6) is 0 Å². The van der Waals surface area contributed by atoms with Crippen LogP contribution in [-0.2, 0) is 9.53 Å². The summed E-state index contributed by atoms with van der Waals surface area (Å²) in [6.45, 7) is 6.66. The molecule has 0 spiro atoms. The van der Waals surface area contributed by atoms with Gasteiger partial charge in [0.2, 0.25) is 0 Å². The molecule has 0 aromatic rings. The number of rotatable bonds is 9. The molecule has 2 aliphatic carbocycles. The quantitative estimate of drug-likeness (QED) is 0.675.